The van der Waals surface area contributed by atoms with Gasteiger partial charge >= 0.3 is 0 Å². The topological polar surface area (TPSA) is 65.1 Å². The lowest BCUT2D eigenvalue weighted by Crippen LogP contribution is -2.42. The molecule has 0 atom stereocenters. The number of aryl methyl sites for hydroxylation is 3. The number of anilines is 3. The highest BCUT2D eigenvalue weighted by Gasteiger charge is 2.24. The fraction of sp³-hybridized carbons (Fsp3) is 0.560. The maximum Gasteiger partial charge on any atom is 0.225 e. The predicted octanol–water partition coefficient (Wildman–Crippen LogP) is 4.75. The SMILES string of the molecule is Cc1ccc(C)c(NC(=S)NC2CCC(Nc3nc4c(c(N(C)C)n3)CCCC4)CC2)c1. The van der Waals surface area contributed by atoms with Crippen LogP contribution in [0.2, 0.25) is 0 Å². The van der Waals surface area contributed by atoms with Gasteiger partial charge < -0.3 is 20.9 Å². The Labute approximate surface area is 197 Å². The first kappa shape index (κ1) is 22.8. The molecule has 0 unspecified atom stereocenters. The standard InChI is InChI=1S/C25H36N6S/c1-16-9-10-17(2)22(15-16)29-25(32)27-19-13-11-18(12-14-19)26-24-28-21-8-6-5-7-20(21)23(30-24)31(3)4/h9-10,15,18-19H,5-8,11-14H2,1-4H3,(H,26,28,30)(H2,27,29,32). The van der Waals surface area contributed by atoms with Crippen molar-refractivity contribution >= 4 is 34.8 Å². The molecule has 6 nitrogen and oxygen atoms in total. The number of thiocarbonyl (C=S) groups is 1. The van der Waals surface area contributed by atoms with Gasteiger partial charge in [0, 0.05) is 37.4 Å². The van der Waals surface area contributed by atoms with E-state index in [0.717, 1.165) is 56.0 Å². The molecule has 0 spiro atoms. The third kappa shape index (κ3) is 5.49. The summed E-state index contributed by atoms with van der Waals surface area (Å²) in [6.45, 7) is 4.20. The largest absolute Gasteiger partial charge is 0.362 e. The van der Waals surface area contributed by atoms with Gasteiger partial charge in [0.1, 0.15) is 5.82 Å². The quantitative estimate of drug-likeness (QED) is 0.566. The molecule has 1 heterocycles. The van der Waals surface area contributed by atoms with Gasteiger partial charge in [-0.05, 0) is 94.6 Å². The molecule has 0 amide bonds. The van der Waals surface area contributed by atoms with Crippen LogP contribution in [0.25, 0.3) is 0 Å². The molecule has 2 aromatic rings. The number of benzene rings is 1. The molecule has 0 saturated heterocycles. The van der Waals surface area contributed by atoms with E-state index in [0.29, 0.717) is 17.2 Å². The fourth-order valence-corrected chi connectivity index (χ4v) is 5.06. The first-order chi connectivity index (χ1) is 15.4. The van der Waals surface area contributed by atoms with Gasteiger partial charge in [-0.15, -0.1) is 0 Å². The zero-order valence-electron chi connectivity index (χ0n) is 19.8. The molecule has 1 fully saturated rings. The molecule has 7 heteroatoms. The molecule has 1 aromatic heterocycles. The van der Waals surface area contributed by atoms with Gasteiger partial charge in [0.05, 0.1) is 5.69 Å². The molecule has 0 radical (unpaired) electrons. The summed E-state index contributed by atoms with van der Waals surface area (Å²) >= 11 is 5.59. The fourth-order valence-electron chi connectivity index (χ4n) is 4.79. The molecule has 0 aliphatic heterocycles. The van der Waals surface area contributed by atoms with Gasteiger partial charge in [-0.3, -0.25) is 0 Å². The van der Waals surface area contributed by atoms with E-state index in [1.54, 1.807) is 0 Å². The Balaban J connectivity index is 1.31. The maximum absolute atomic E-state index is 5.59. The van der Waals surface area contributed by atoms with Gasteiger partial charge in [-0.25, -0.2) is 4.98 Å². The zero-order chi connectivity index (χ0) is 22.7. The molecule has 172 valence electrons. The van der Waals surface area contributed by atoms with Crippen LogP contribution < -0.4 is 20.9 Å². The number of aromatic nitrogens is 2. The van der Waals surface area contributed by atoms with Crippen LogP contribution in [0.3, 0.4) is 0 Å². The van der Waals surface area contributed by atoms with Gasteiger partial charge in [0.25, 0.3) is 0 Å². The third-order valence-corrected chi connectivity index (χ3v) is 6.84. The summed E-state index contributed by atoms with van der Waals surface area (Å²) in [5.74, 6) is 1.87. The summed E-state index contributed by atoms with van der Waals surface area (Å²) < 4.78 is 0. The molecule has 4 rings (SSSR count). The van der Waals surface area contributed by atoms with Crippen molar-refractivity contribution in [2.45, 2.75) is 77.3 Å². The number of rotatable bonds is 5. The minimum atomic E-state index is 0.403. The summed E-state index contributed by atoms with van der Waals surface area (Å²) in [7, 11) is 4.15. The molecule has 1 aromatic carbocycles. The predicted molar refractivity (Wildman–Crippen MR) is 138 cm³/mol. The Kier molecular flexibility index (Phi) is 7.13. The second-order valence-corrected chi connectivity index (χ2v) is 9.92. The van der Waals surface area contributed by atoms with Crippen LogP contribution in [0.15, 0.2) is 18.2 Å². The number of fused-ring (bicyclic) bond motifs is 1. The number of nitrogens with one attached hydrogen (secondary N) is 3. The van der Waals surface area contributed by atoms with E-state index in [2.05, 4.69) is 67.0 Å². The molecule has 1 saturated carbocycles. The van der Waals surface area contributed by atoms with Crippen molar-refractivity contribution in [2.75, 3.05) is 29.6 Å². The smallest absolute Gasteiger partial charge is 0.225 e. The van der Waals surface area contributed by atoms with E-state index < -0.39 is 0 Å². The molecule has 32 heavy (non-hydrogen) atoms. The first-order valence-corrected chi connectivity index (χ1v) is 12.3. The van der Waals surface area contributed by atoms with Gasteiger partial charge in [0.15, 0.2) is 5.11 Å². The number of nitrogens with zero attached hydrogens (tertiary/aromatic N) is 3. The summed E-state index contributed by atoms with van der Waals surface area (Å²) in [6.07, 6.45) is 8.95. The molecule has 2 aliphatic rings. The number of hydrogen-bond acceptors (Lipinski definition) is 5. The van der Waals surface area contributed by atoms with Crippen molar-refractivity contribution in [3.05, 3.63) is 40.6 Å². The summed E-state index contributed by atoms with van der Waals surface area (Å²) in [5, 5.41) is 11.2. The van der Waals surface area contributed by atoms with Crippen LogP contribution in [0.5, 0.6) is 0 Å². The van der Waals surface area contributed by atoms with Crippen LogP contribution in [0.1, 0.15) is 60.9 Å². The second-order valence-electron chi connectivity index (χ2n) is 9.51. The Morgan fingerprint density at radius 1 is 1.00 bits per heavy atom. The van der Waals surface area contributed by atoms with E-state index in [9.17, 15) is 0 Å². The van der Waals surface area contributed by atoms with E-state index in [4.69, 9.17) is 22.2 Å². The van der Waals surface area contributed by atoms with Gasteiger partial charge in [-0.2, -0.15) is 4.98 Å². The van der Waals surface area contributed by atoms with Crippen molar-refractivity contribution in [1.29, 1.82) is 0 Å². The zero-order valence-corrected chi connectivity index (χ0v) is 20.6. The van der Waals surface area contributed by atoms with E-state index >= 15 is 0 Å². The molecule has 3 N–H and O–H groups in total. The highest BCUT2D eigenvalue weighted by atomic mass is 32.1. The van der Waals surface area contributed by atoms with Crippen LogP contribution in [-0.2, 0) is 12.8 Å². The maximum atomic E-state index is 5.59. The summed E-state index contributed by atoms with van der Waals surface area (Å²) in [5.41, 5.74) is 6.09. The molecular weight excluding hydrogens is 416 g/mol. The summed E-state index contributed by atoms with van der Waals surface area (Å²) in [4.78, 5) is 11.9. The van der Waals surface area contributed by atoms with Crippen molar-refractivity contribution < 1.29 is 0 Å². The van der Waals surface area contributed by atoms with Crippen molar-refractivity contribution in [2.24, 2.45) is 0 Å². The molecule has 0 bridgehead atoms. The Morgan fingerprint density at radius 3 is 2.47 bits per heavy atom. The van der Waals surface area contributed by atoms with Crippen molar-refractivity contribution in [3.63, 3.8) is 0 Å². The lowest BCUT2D eigenvalue weighted by Gasteiger charge is -2.31. The highest BCUT2D eigenvalue weighted by molar-refractivity contribution is 7.80. The first-order valence-electron chi connectivity index (χ1n) is 11.9. The highest BCUT2D eigenvalue weighted by Crippen LogP contribution is 2.29. The van der Waals surface area contributed by atoms with Crippen LogP contribution >= 0.6 is 12.2 Å². The minimum absolute atomic E-state index is 0.403. The normalized spacial score (nSPS) is 20.2. The molecule has 2 aliphatic carbocycles. The average Bonchev–Trinajstić information content (AvgIpc) is 2.77. The Hall–Kier alpha value is -2.41. The lowest BCUT2D eigenvalue weighted by atomic mass is 9.91. The second kappa shape index (κ2) is 10.0. The van der Waals surface area contributed by atoms with Gasteiger partial charge in [0.2, 0.25) is 5.95 Å². The van der Waals surface area contributed by atoms with Crippen LogP contribution in [0.4, 0.5) is 17.5 Å². The van der Waals surface area contributed by atoms with Crippen molar-refractivity contribution in [1.82, 2.24) is 15.3 Å². The minimum Gasteiger partial charge on any atom is -0.362 e. The van der Waals surface area contributed by atoms with Crippen LogP contribution in [0, 0.1) is 13.8 Å². The van der Waals surface area contributed by atoms with Crippen molar-refractivity contribution in [3.8, 4) is 0 Å². The monoisotopic (exact) mass is 452 g/mol. The summed E-state index contributed by atoms with van der Waals surface area (Å²) in [6, 6.07) is 7.20. The average molecular weight is 453 g/mol. The Morgan fingerprint density at radius 2 is 1.72 bits per heavy atom. The van der Waals surface area contributed by atoms with Crippen LogP contribution in [-0.4, -0.2) is 41.3 Å². The van der Waals surface area contributed by atoms with E-state index in [-0.39, 0.29) is 0 Å². The van der Waals surface area contributed by atoms with E-state index in [1.165, 1.54) is 35.2 Å². The lowest BCUT2D eigenvalue weighted by molar-refractivity contribution is 0.387. The molecular formula is C25H36N6S. The number of hydrogen-bond donors (Lipinski definition) is 3. The third-order valence-electron chi connectivity index (χ3n) is 6.62. The van der Waals surface area contributed by atoms with E-state index in [1.807, 2.05) is 0 Å². The van der Waals surface area contributed by atoms with Gasteiger partial charge in [-0.1, -0.05) is 12.1 Å². The Bertz CT molecular complexity index is 965.